The van der Waals surface area contributed by atoms with E-state index in [4.69, 9.17) is 23.1 Å². The van der Waals surface area contributed by atoms with Gasteiger partial charge in [0.05, 0.1) is 17.8 Å². The third kappa shape index (κ3) is 3.02. The molecule has 0 saturated heterocycles. The molecule has 1 aromatic rings. The first-order valence-electron chi connectivity index (χ1n) is 7.95. The molecule has 25 heavy (non-hydrogen) atoms. The summed E-state index contributed by atoms with van der Waals surface area (Å²) in [6.45, 7) is 0. The van der Waals surface area contributed by atoms with Crippen LogP contribution in [0.2, 0.25) is 5.02 Å². The number of halogens is 2. The Balaban J connectivity index is 2.10. The molecule has 1 fully saturated rings. The topological polar surface area (TPSA) is 106 Å². The number of hydrogen-bond acceptors (Lipinski definition) is 7. The molecule has 7 nitrogen and oxygen atoms in total. The van der Waals surface area contributed by atoms with Gasteiger partial charge in [-0.25, -0.2) is 14.2 Å². The number of carbonyl (C=O) groups excluding carboxylic acids is 1. The molecular weight excluding hydrogens is 349 g/mol. The molecule has 0 radical (unpaired) electrons. The van der Waals surface area contributed by atoms with Crippen molar-refractivity contribution in [3.8, 4) is 0 Å². The molecule has 1 heterocycles. The molecule has 1 saturated carbocycles. The fourth-order valence-corrected chi connectivity index (χ4v) is 3.76. The largest absolute Gasteiger partial charge is 0.465 e. The van der Waals surface area contributed by atoms with E-state index < -0.39 is 17.4 Å². The van der Waals surface area contributed by atoms with Crippen LogP contribution in [0.5, 0.6) is 0 Å². The number of methoxy groups -OCH3 is 1. The number of benzene rings is 1. The summed E-state index contributed by atoms with van der Waals surface area (Å²) in [6.07, 6.45) is 4.39. The molecule has 9 heteroatoms. The Morgan fingerprint density at radius 1 is 1.32 bits per heavy atom. The van der Waals surface area contributed by atoms with E-state index in [0.29, 0.717) is 18.5 Å². The molecule has 0 unspecified atom stereocenters. The molecule has 1 aliphatic heterocycles. The van der Waals surface area contributed by atoms with Gasteiger partial charge in [-0.1, -0.05) is 18.0 Å². The lowest BCUT2D eigenvalue weighted by atomic mass is 9.87. The second-order valence-corrected chi connectivity index (χ2v) is 6.50. The third-order valence-electron chi connectivity index (χ3n) is 4.53. The van der Waals surface area contributed by atoms with Crippen molar-refractivity contribution in [2.24, 2.45) is 21.5 Å². The van der Waals surface area contributed by atoms with Gasteiger partial charge in [-0.15, -0.1) is 0 Å². The number of anilines is 1. The number of nitrogens with zero attached hydrogens (tertiary/aromatic N) is 3. The molecule has 0 atom stereocenters. The van der Waals surface area contributed by atoms with Crippen LogP contribution in [-0.4, -0.2) is 30.7 Å². The van der Waals surface area contributed by atoms with Gasteiger partial charge in [-0.2, -0.15) is 4.99 Å². The lowest BCUT2D eigenvalue weighted by Gasteiger charge is -2.45. The van der Waals surface area contributed by atoms with Gasteiger partial charge in [0.15, 0.2) is 0 Å². The van der Waals surface area contributed by atoms with Crippen molar-refractivity contribution < 1.29 is 13.9 Å². The molecule has 1 aliphatic carbocycles. The Morgan fingerprint density at radius 2 is 2.00 bits per heavy atom. The maximum atomic E-state index is 14.5. The molecule has 0 amide bonds. The van der Waals surface area contributed by atoms with Crippen LogP contribution < -0.4 is 16.4 Å². The van der Waals surface area contributed by atoms with Crippen LogP contribution in [0.1, 0.15) is 42.5 Å². The summed E-state index contributed by atoms with van der Waals surface area (Å²) in [6, 6.07) is 2.65. The lowest BCUT2D eigenvalue weighted by molar-refractivity contribution is 0.0596. The van der Waals surface area contributed by atoms with Gasteiger partial charge in [0.1, 0.15) is 17.0 Å². The van der Waals surface area contributed by atoms with Gasteiger partial charge >= 0.3 is 5.97 Å². The first kappa shape index (κ1) is 17.5. The highest BCUT2D eigenvalue weighted by Crippen LogP contribution is 2.40. The van der Waals surface area contributed by atoms with Gasteiger partial charge in [0, 0.05) is 0 Å². The van der Waals surface area contributed by atoms with Gasteiger partial charge in [-0.3, -0.25) is 4.90 Å². The first-order valence-corrected chi connectivity index (χ1v) is 8.33. The third-order valence-corrected chi connectivity index (χ3v) is 4.82. The normalized spacial score (nSPS) is 19.4. The second-order valence-electron chi connectivity index (χ2n) is 6.09. The first-order chi connectivity index (χ1) is 11.9. The van der Waals surface area contributed by atoms with Crippen molar-refractivity contribution in [3.05, 3.63) is 28.5 Å². The fourth-order valence-electron chi connectivity index (χ4n) is 3.48. The van der Waals surface area contributed by atoms with Crippen molar-refractivity contribution >= 4 is 35.2 Å². The number of aliphatic imine (C=N–C) groups is 2. The Bertz CT molecular complexity index is 751. The van der Waals surface area contributed by atoms with Crippen molar-refractivity contribution in [2.45, 2.75) is 37.8 Å². The van der Waals surface area contributed by atoms with Crippen LogP contribution >= 0.6 is 11.6 Å². The Hall–Kier alpha value is -2.35. The Morgan fingerprint density at radius 3 is 2.60 bits per heavy atom. The molecule has 0 bridgehead atoms. The zero-order valence-electron chi connectivity index (χ0n) is 13.8. The van der Waals surface area contributed by atoms with Crippen LogP contribution in [0.25, 0.3) is 0 Å². The van der Waals surface area contributed by atoms with Crippen LogP contribution in [-0.2, 0) is 4.74 Å². The second kappa shape index (κ2) is 6.51. The van der Waals surface area contributed by atoms with E-state index >= 15 is 0 Å². The number of carbonyl (C=O) groups is 1. The Kier molecular flexibility index (Phi) is 4.55. The van der Waals surface area contributed by atoms with Gasteiger partial charge in [0.2, 0.25) is 11.9 Å². The number of rotatable bonds is 2. The lowest BCUT2D eigenvalue weighted by Crippen LogP contribution is -2.58. The molecule has 0 aromatic heterocycles. The summed E-state index contributed by atoms with van der Waals surface area (Å²) in [7, 11) is 1.16. The van der Waals surface area contributed by atoms with Crippen LogP contribution in [0.4, 0.5) is 10.1 Å². The van der Waals surface area contributed by atoms with E-state index in [1.807, 2.05) is 0 Å². The smallest absolute Gasteiger partial charge is 0.342 e. The maximum Gasteiger partial charge on any atom is 0.342 e. The Labute approximate surface area is 149 Å². The number of esters is 1. The van der Waals surface area contributed by atoms with Crippen molar-refractivity contribution in [2.75, 3.05) is 12.0 Å². The van der Waals surface area contributed by atoms with E-state index in [0.717, 1.165) is 26.4 Å². The van der Waals surface area contributed by atoms with Crippen molar-refractivity contribution in [1.82, 2.24) is 0 Å². The average Bonchev–Trinajstić information content (AvgIpc) is 2.53. The summed E-state index contributed by atoms with van der Waals surface area (Å²) in [5, 5.41) is -0.0665. The summed E-state index contributed by atoms with van der Waals surface area (Å²) >= 11 is 6.12. The fraction of sp³-hybridized carbons (Fsp3) is 0.438. The average molecular weight is 368 g/mol. The number of hydrogen-bond donors (Lipinski definition) is 2. The zero-order chi connectivity index (χ0) is 18.2. The molecule has 3 rings (SSSR count). The van der Waals surface area contributed by atoms with Crippen LogP contribution in [0.15, 0.2) is 22.1 Å². The van der Waals surface area contributed by atoms with E-state index in [9.17, 15) is 9.18 Å². The molecule has 1 spiro atoms. The molecular formula is C16H19ClFN5O2. The zero-order valence-corrected chi connectivity index (χ0v) is 14.5. The van der Waals surface area contributed by atoms with E-state index in [1.165, 1.54) is 12.1 Å². The highest BCUT2D eigenvalue weighted by Gasteiger charge is 2.43. The van der Waals surface area contributed by atoms with Gasteiger partial charge < -0.3 is 16.2 Å². The highest BCUT2D eigenvalue weighted by molar-refractivity contribution is 6.34. The molecule has 2 aliphatic rings. The monoisotopic (exact) mass is 367 g/mol. The van der Waals surface area contributed by atoms with Crippen molar-refractivity contribution in [3.63, 3.8) is 0 Å². The van der Waals surface area contributed by atoms with Gasteiger partial charge in [0.25, 0.3) is 0 Å². The predicted octanol–water partition coefficient (Wildman–Crippen LogP) is 2.38. The summed E-state index contributed by atoms with van der Waals surface area (Å²) < 4.78 is 19.1. The van der Waals surface area contributed by atoms with Gasteiger partial charge in [-0.05, 0) is 37.8 Å². The number of nitrogens with two attached hydrogens (primary N) is 2. The van der Waals surface area contributed by atoms with Crippen molar-refractivity contribution in [1.29, 1.82) is 0 Å². The molecule has 134 valence electrons. The predicted molar refractivity (Wildman–Crippen MR) is 94.3 cm³/mol. The van der Waals surface area contributed by atoms with Crippen LogP contribution in [0.3, 0.4) is 0 Å². The number of guanidine groups is 2. The SMILES string of the molecule is COC(=O)c1c(F)cc(N2C(N)=NC(N)=NC23CCCCC3)cc1Cl. The summed E-state index contributed by atoms with van der Waals surface area (Å²) in [5.74, 6) is -1.41. The number of ether oxygens (including phenoxy) is 1. The van der Waals surface area contributed by atoms with E-state index in [2.05, 4.69) is 14.7 Å². The van der Waals surface area contributed by atoms with E-state index in [-0.39, 0.29) is 22.5 Å². The summed E-state index contributed by atoms with van der Waals surface area (Å²) in [4.78, 5) is 21.9. The highest BCUT2D eigenvalue weighted by atomic mass is 35.5. The minimum absolute atomic E-state index is 0.0665. The standard InChI is InChI=1S/C16H19ClFN5O2/c1-25-13(24)12-10(17)7-9(8-11(12)18)23-15(20)21-14(19)22-16(23)5-3-2-4-6-16/h7-8H,2-6H2,1H3,(H4,19,20,21,22). The molecule has 4 N–H and O–H groups in total. The minimum Gasteiger partial charge on any atom is -0.465 e. The molecule has 1 aromatic carbocycles. The summed E-state index contributed by atoms with van der Waals surface area (Å²) in [5.41, 5.74) is 11.2. The van der Waals surface area contributed by atoms with E-state index in [1.54, 1.807) is 4.90 Å². The quantitative estimate of drug-likeness (QED) is 0.780. The van der Waals surface area contributed by atoms with Crippen LogP contribution in [0, 0.1) is 5.82 Å². The minimum atomic E-state index is -0.844. The maximum absolute atomic E-state index is 14.5.